The highest BCUT2D eigenvalue weighted by Crippen LogP contribution is 2.58. The lowest BCUT2D eigenvalue weighted by Gasteiger charge is -2.23. The van der Waals surface area contributed by atoms with Crippen molar-refractivity contribution in [1.29, 1.82) is 0 Å². The average Bonchev–Trinajstić information content (AvgIpc) is 2.98. The lowest BCUT2D eigenvalue weighted by Crippen LogP contribution is -2.34. The van der Waals surface area contributed by atoms with Gasteiger partial charge in [0.05, 0.1) is 6.04 Å². The highest BCUT2D eigenvalue weighted by atomic mass is 35.5. The van der Waals surface area contributed by atoms with Crippen molar-refractivity contribution in [3.63, 3.8) is 0 Å². The molecule has 2 heterocycles. The highest BCUT2D eigenvalue weighted by molar-refractivity contribution is 7.12. The lowest BCUT2D eigenvalue weighted by atomic mass is 9.91. The number of hydrogen-bond acceptors (Lipinski definition) is 3. The SMILES string of the molecule is Cc1cc(C(C)NC(=O)C2CC23CCNCC3)c(C)s1.Cl. The van der Waals surface area contributed by atoms with Crippen LogP contribution in [0.3, 0.4) is 0 Å². The Labute approximate surface area is 137 Å². The molecule has 1 aromatic heterocycles. The minimum absolute atomic E-state index is 0. The van der Waals surface area contributed by atoms with Crippen molar-refractivity contribution in [2.45, 2.75) is 46.1 Å². The number of thiophene rings is 1. The van der Waals surface area contributed by atoms with Gasteiger partial charge in [-0.25, -0.2) is 0 Å². The molecule has 1 aliphatic heterocycles. The van der Waals surface area contributed by atoms with E-state index >= 15 is 0 Å². The normalized spacial score (nSPS) is 24.2. The van der Waals surface area contributed by atoms with Crippen LogP contribution in [0.1, 0.15) is 47.5 Å². The van der Waals surface area contributed by atoms with Crippen LogP contribution in [0.25, 0.3) is 0 Å². The molecule has 3 nitrogen and oxygen atoms in total. The molecule has 2 atom stereocenters. The number of aryl methyl sites for hydroxylation is 2. The van der Waals surface area contributed by atoms with E-state index in [1.807, 2.05) is 11.3 Å². The number of carbonyl (C=O) groups excluding carboxylic acids is 1. The molecule has 1 aromatic rings. The maximum Gasteiger partial charge on any atom is 0.224 e. The molecule has 2 N–H and O–H groups in total. The largest absolute Gasteiger partial charge is 0.349 e. The fourth-order valence-electron chi connectivity index (χ4n) is 3.67. The van der Waals surface area contributed by atoms with Crippen LogP contribution in [0.15, 0.2) is 6.07 Å². The Morgan fingerprint density at radius 1 is 1.43 bits per heavy atom. The number of halogens is 1. The highest BCUT2D eigenvalue weighted by Gasteiger charge is 2.57. The maximum atomic E-state index is 12.5. The van der Waals surface area contributed by atoms with Gasteiger partial charge in [-0.15, -0.1) is 23.7 Å². The van der Waals surface area contributed by atoms with Crippen LogP contribution in [0.5, 0.6) is 0 Å². The van der Waals surface area contributed by atoms with Crippen molar-refractivity contribution in [2.75, 3.05) is 13.1 Å². The van der Waals surface area contributed by atoms with Crippen molar-refractivity contribution >= 4 is 29.7 Å². The third-order valence-corrected chi connectivity index (χ3v) is 5.99. The number of amides is 1. The molecule has 1 amide bonds. The van der Waals surface area contributed by atoms with Gasteiger partial charge in [0.15, 0.2) is 0 Å². The zero-order chi connectivity index (χ0) is 14.3. The van der Waals surface area contributed by atoms with Crippen molar-refractivity contribution < 1.29 is 4.79 Å². The van der Waals surface area contributed by atoms with Crippen LogP contribution in [0, 0.1) is 25.2 Å². The van der Waals surface area contributed by atoms with Gasteiger partial charge in [-0.2, -0.15) is 0 Å². The molecule has 0 aromatic carbocycles. The van der Waals surface area contributed by atoms with E-state index in [-0.39, 0.29) is 30.3 Å². The number of hydrogen-bond donors (Lipinski definition) is 2. The van der Waals surface area contributed by atoms with E-state index in [1.54, 1.807) is 0 Å². The maximum absolute atomic E-state index is 12.5. The van der Waals surface area contributed by atoms with E-state index in [0.29, 0.717) is 5.41 Å². The summed E-state index contributed by atoms with van der Waals surface area (Å²) in [5.74, 6) is 0.523. The predicted octanol–water partition coefficient (Wildman–Crippen LogP) is 3.35. The standard InChI is InChI=1S/C16H24N2OS.ClH/c1-10-8-13(12(3)20-10)11(2)18-15(19)14-9-16(14)4-6-17-7-5-16;/h8,11,14,17H,4-7,9H2,1-3H3,(H,18,19);1H. The van der Waals surface area contributed by atoms with Gasteiger partial charge in [-0.1, -0.05) is 0 Å². The van der Waals surface area contributed by atoms with Crippen LogP contribution in [0.4, 0.5) is 0 Å². The van der Waals surface area contributed by atoms with Crippen molar-refractivity contribution in [2.24, 2.45) is 11.3 Å². The summed E-state index contributed by atoms with van der Waals surface area (Å²) >= 11 is 1.81. The Bertz CT molecular complexity index is 522. The molecule has 2 aliphatic rings. The average molecular weight is 329 g/mol. The molecule has 1 spiro atoms. The minimum atomic E-state index is 0. The van der Waals surface area contributed by atoms with E-state index in [0.717, 1.165) is 32.4 Å². The molecular formula is C16H25ClN2OS. The second kappa shape index (κ2) is 6.27. The summed E-state index contributed by atoms with van der Waals surface area (Å²) in [4.78, 5) is 15.1. The summed E-state index contributed by atoms with van der Waals surface area (Å²) in [6, 6.07) is 2.34. The first-order valence-corrected chi connectivity index (χ1v) is 8.41. The number of piperidine rings is 1. The minimum Gasteiger partial charge on any atom is -0.349 e. The predicted molar refractivity (Wildman–Crippen MR) is 90.2 cm³/mol. The summed E-state index contributed by atoms with van der Waals surface area (Å²) in [6.07, 6.45) is 3.42. The summed E-state index contributed by atoms with van der Waals surface area (Å²) in [5.41, 5.74) is 1.61. The zero-order valence-electron chi connectivity index (χ0n) is 13.0. The van der Waals surface area contributed by atoms with E-state index < -0.39 is 0 Å². The van der Waals surface area contributed by atoms with Gasteiger partial charge in [0.25, 0.3) is 0 Å². The van der Waals surface area contributed by atoms with Gasteiger partial charge >= 0.3 is 0 Å². The van der Waals surface area contributed by atoms with E-state index in [2.05, 4.69) is 37.5 Å². The second-order valence-corrected chi connectivity index (χ2v) is 7.93. The van der Waals surface area contributed by atoms with Crippen LogP contribution < -0.4 is 10.6 Å². The Balaban J connectivity index is 0.00000161. The molecule has 5 heteroatoms. The van der Waals surface area contributed by atoms with Gasteiger partial charge in [0, 0.05) is 15.7 Å². The zero-order valence-corrected chi connectivity index (χ0v) is 14.6. The van der Waals surface area contributed by atoms with Crippen molar-refractivity contribution in [3.05, 3.63) is 21.4 Å². The summed E-state index contributed by atoms with van der Waals surface area (Å²) in [5, 5.41) is 6.62. The van der Waals surface area contributed by atoms with Gasteiger partial charge in [0.1, 0.15) is 0 Å². The van der Waals surface area contributed by atoms with E-state index in [4.69, 9.17) is 0 Å². The van der Waals surface area contributed by atoms with Gasteiger partial charge in [0.2, 0.25) is 5.91 Å². The quantitative estimate of drug-likeness (QED) is 0.893. The first kappa shape index (κ1) is 16.8. The fourth-order valence-corrected chi connectivity index (χ4v) is 4.69. The van der Waals surface area contributed by atoms with Gasteiger partial charge < -0.3 is 10.6 Å². The Morgan fingerprint density at radius 3 is 2.67 bits per heavy atom. The lowest BCUT2D eigenvalue weighted by molar-refractivity contribution is -0.123. The van der Waals surface area contributed by atoms with Crippen LogP contribution in [-0.2, 0) is 4.79 Å². The fraction of sp³-hybridized carbons (Fsp3) is 0.688. The van der Waals surface area contributed by atoms with Crippen LogP contribution >= 0.6 is 23.7 Å². The van der Waals surface area contributed by atoms with Gasteiger partial charge in [-0.3, -0.25) is 4.79 Å². The first-order valence-electron chi connectivity index (χ1n) is 7.60. The molecular weight excluding hydrogens is 304 g/mol. The van der Waals surface area contributed by atoms with Crippen LogP contribution in [0.2, 0.25) is 0 Å². The molecule has 0 radical (unpaired) electrons. The Kier molecular flexibility index (Phi) is 5.01. The number of carbonyl (C=O) groups is 1. The van der Waals surface area contributed by atoms with E-state index in [1.165, 1.54) is 15.3 Å². The van der Waals surface area contributed by atoms with Crippen molar-refractivity contribution in [1.82, 2.24) is 10.6 Å². The van der Waals surface area contributed by atoms with Gasteiger partial charge in [-0.05, 0) is 70.2 Å². The number of rotatable bonds is 3. The topological polar surface area (TPSA) is 41.1 Å². The second-order valence-electron chi connectivity index (χ2n) is 6.47. The number of nitrogens with one attached hydrogen (secondary N) is 2. The molecule has 1 aliphatic carbocycles. The Hall–Kier alpha value is -0.580. The third kappa shape index (κ3) is 3.27. The monoisotopic (exact) mass is 328 g/mol. The molecule has 2 unspecified atom stereocenters. The smallest absolute Gasteiger partial charge is 0.224 e. The molecule has 1 saturated heterocycles. The molecule has 118 valence electrons. The molecule has 0 bridgehead atoms. The molecule has 3 rings (SSSR count). The molecule has 21 heavy (non-hydrogen) atoms. The first-order chi connectivity index (χ1) is 9.52. The third-order valence-electron chi connectivity index (χ3n) is 5.01. The summed E-state index contributed by atoms with van der Waals surface area (Å²) in [6.45, 7) is 8.51. The molecule has 1 saturated carbocycles. The summed E-state index contributed by atoms with van der Waals surface area (Å²) in [7, 11) is 0. The summed E-state index contributed by atoms with van der Waals surface area (Å²) < 4.78 is 0. The van der Waals surface area contributed by atoms with Crippen LogP contribution in [-0.4, -0.2) is 19.0 Å². The Morgan fingerprint density at radius 2 is 2.10 bits per heavy atom. The van der Waals surface area contributed by atoms with Crippen molar-refractivity contribution in [3.8, 4) is 0 Å². The van der Waals surface area contributed by atoms with E-state index in [9.17, 15) is 4.79 Å². The molecule has 2 fully saturated rings.